The molecular weight excluding hydrogens is 300 g/mol. The van der Waals surface area contributed by atoms with E-state index in [2.05, 4.69) is 0 Å². The Morgan fingerprint density at radius 3 is 2.12 bits per heavy atom. The zero-order valence-electron chi connectivity index (χ0n) is 13.5. The van der Waals surface area contributed by atoms with Gasteiger partial charge >= 0.3 is 5.97 Å². The number of aromatic nitrogens is 2. The van der Waals surface area contributed by atoms with E-state index in [0.717, 1.165) is 35.4 Å². The first-order valence-corrected chi connectivity index (χ1v) is 8.04. The van der Waals surface area contributed by atoms with E-state index in [-0.39, 0.29) is 5.97 Å². The first kappa shape index (κ1) is 14.7. The topological polar surface area (TPSA) is 44.1 Å². The monoisotopic (exact) mass is 318 g/mol. The highest BCUT2D eigenvalue weighted by Gasteiger charge is 2.55. The van der Waals surface area contributed by atoms with E-state index in [1.165, 1.54) is 7.11 Å². The SMILES string of the molecule is COC(=O)C1(n2nc(-c3ccccc3)cc2-c2ccccc2)CC1. The molecule has 0 spiro atoms. The van der Waals surface area contributed by atoms with Gasteiger partial charge in [0.25, 0.3) is 0 Å². The largest absolute Gasteiger partial charge is 0.467 e. The van der Waals surface area contributed by atoms with Crippen molar-refractivity contribution < 1.29 is 9.53 Å². The summed E-state index contributed by atoms with van der Waals surface area (Å²) in [6.07, 6.45) is 1.52. The molecular formula is C20H18N2O2. The van der Waals surface area contributed by atoms with Gasteiger partial charge < -0.3 is 4.74 Å². The summed E-state index contributed by atoms with van der Waals surface area (Å²) in [6, 6.07) is 22.1. The van der Waals surface area contributed by atoms with E-state index < -0.39 is 5.54 Å². The molecule has 120 valence electrons. The lowest BCUT2D eigenvalue weighted by Crippen LogP contribution is -2.30. The van der Waals surface area contributed by atoms with Crippen molar-refractivity contribution in [2.75, 3.05) is 7.11 Å². The van der Waals surface area contributed by atoms with Gasteiger partial charge in [-0.1, -0.05) is 60.7 Å². The van der Waals surface area contributed by atoms with Crippen molar-refractivity contribution >= 4 is 5.97 Å². The van der Waals surface area contributed by atoms with Gasteiger partial charge in [0, 0.05) is 5.56 Å². The lowest BCUT2D eigenvalue weighted by molar-refractivity contribution is -0.146. The Hall–Kier alpha value is -2.88. The van der Waals surface area contributed by atoms with Crippen LogP contribution < -0.4 is 0 Å². The van der Waals surface area contributed by atoms with Gasteiger partial charge in [0.15, 0.2) is 5.54 Å². The third-order valence-corrected chi connectivity index (χ3v) is 4.54. The quantitative estimate of drug-likeness (QED) is 0.686. The number of nitrogens with zero attached hydrogens (tertiary/aromatic N) is 2. The van der Waals surface area contributed by atoms with Crippen molar-refractivity contribution in [1.82, 2.24) is 9.78 Å². The van der Waals surface area contributed by atoms with Gasteiger partial charge in [-0.25, -0.2) is 9.48 Å². The summed E-state index contributed by atoms with van der Waals surface area (Å²) in [5.74, 6) is -0.220. The van der Waals surface area contributed by atoms with Gasteiger partial charge in [-0.2, -0.15) is 5.10 Å². The highest BCUT2D eigenvalue weighted by molar-refractivity contribution is 5.83. The second-order valence-corrected chi connectivity index (χ2v) is 6.08. The molecule has 0 unspecified atom stereocenters. The number of esters is 1. The highest BCUT2D eigenvalue weighted by Crippen LogP contribution is 2.47. The summed E-state index contributed by atoms with van der Waals surface area (Å²) in [6.45, 7) is 0. The van der Waals surface area contributed by atoms with Crippen LogP contribution in [-0.2, 0) is 15.1 Å². The molecule has 1 saturated carbocycles. The van der Waals surface area contributed by atoms with Crippen LogP contribution in [-0.4, -0.2) is 22.9 Å². The minimum Gasteiger partial charge on any atom is -0.467 e. The normalized spacial score (nSPS) is 15.0. The molecule has 2 aromatic carbocycles. The molecule has 1 aliphatic carbocycles. The number of hydrogen-bond acceptors (Lipinski definition) is 3. The maximum Gasteiger partial charge on any atom is 0.333 e. The molecule has 0 saturated heterocycles. The van der Waals surface area contributed by atoms with E-state index in [1.807, 2.05) is 71.4 Å². The average Bonchev–Trinajstić information content (AvgIpc) is 3.34. The van der Waals surface area contributed by atoms with E-state index >= 15 is 0 Å². The Bertz CT molecular complexity index is 865. The Morgan fingerprint density at radius 2 is 1.58 bits per heavy atom. The molecule has 0 amide bonds. The number of hydrogen-bond donors (Lipinski definition) is 0. The van der Waals surface area contributed by atoms with Crippen LogP contribution in [0.5, 0.6) is 0 Å². The summed E-state index contributed by atoms with van der Waals surface area (Å²) in [7, 11) is 1.44. The molecule has 0 N–H and O–H groups in total. The average molecular weight is 318 g/mol. The van der Waals surface area contributed by atoms with Gasteiger partial charge in [-0.15, -0.1) is 0 Å². The molecule has 0 bridgehead atoms. The molecule has 0 aliphatic heterocycles. The molecule has 4 rings (SSSR count). The zero-order valence-corrected chi connectivity index (χ0v) is 13.5. The first-order chi connectivity index (χ1) is 11.7. The second-order valence-electron chi connectivity index (χ2n) is 6.08. The smallest absolute Gasteiger partial charge is 0.333 e. The molecule has 24 heavy (non-hydrogen) atoms. The third kappa shape index (κ3) is 2.31. The Kier molecular flexibility index (Phi) is 3.45. The third-order valence-electron chi connectivity index (χ3n) is 4.54. The van der Waals surface area contributed by atoms with Crippen LogP contribution in [0.3, 0.4) is 0 Å². The lowest BCUT2D eigenvalue weighted by Gasteiger charge is -2.16. The maximum absolute atomic E-state index is 12.3. The molecule has 4 heteroatoms. The van der Waals surface area contributed by atoms with E-state index in [4.69, 9.17) is 9.84 Å². The number of carbonyl (C=O) groups excluding carboxylic acids is 1. The van der Waals surface area contributed by atoms with Crippen molar-refractivity contribution in [3.8, 4) is 22.5 Å². The number of methoxy groups -OCH3 is 1. The predicted octanol–water partition coefficient (Wildman–Crippen LogP) is 3.88. The molecule has 1 aliphatic rings. The Morgan fingerprint density at radius 1 is 1.00 bits per heavy atom. The molecule has 0 radical (unpaired) electrons. The Balaban J connectivity index is 1.89. The predicted molar refractivity (Wildman–Crippen MR) is 92.3 cm³/mol. The fraction of sp³-hybridized carbons (Fsp3) is 0.200. The van der Waals surface area contributed by atoms with E-state index in [9.17, 15) is 4.79 Å². The molecule has 1 fully saturated rings. The van der Waals surface area contributed by atoms with Crippen molar-refractivity contribution in [2.45, 2.75) is 18.4 Å². The standard InChI is InChI=1S/C20H18N2O2/c1-24-19(23)20(12-13-20)22-18(16-10-6-3-7-11-16)14-17(21-22)15-8-4-2-5-9-15/h2-11,14H,12-13H2,1H3. The van der Waals surface area contributed by atoms with Crippen LogP contribution in [0, 0.1) is 0 Å². The number of rotatable bonds is 4. The molecule has 1 heterocycles. The van der Waals surface area contributed by atoms with E-state index in [0.29, 0.717) is 0 Å². The summed E-state index contributed by atoms with van der Waals surface area (Å²) >= 11 is 0. The minimum atomic E-state index is -0.660. The lowest BCUT2D eigenvalue weighted by atomic mass is 10.1. The van der Waals surface area contributed by atoms with Crippen LogP contribution in [0.2, 0.25) is 0 Å². The van der Waals surface area contributed by atoms with Gasteiger partial charge in [0.1, 0.15) is 0 Å². The fourth-order valence-corrected chi connectivity index (χ4v) is 3.08. The number of benzene rings is 2. The number of ether oxygens (including phenoxy) is 1. The van der Waals surface area contributed by atoms with Crippen LogP contribution in [0.15, 0.2) is 66.7 Å². The molecule has 4 nitrogen and oxygen atoms in total. The summed E-state index contributed by atoms with van der Waals surface area (Å²) in [5, 5.41) is 4.78. The molecule has 1 aromatic heterocycles. The second kappa shape index (κ2) is 5.64. The number of carbonyl (C=O) groups is 1. The fourth-order valence-electron chi connectivity index (χ4n) is 3.08. The molecule has 0 atom stereocenters. The summed E-state index contributed by atoms with van der Waals surface area (Å²) in [4.78, 5) is 12.3. The van der Waals surface area contributed by atoms with Crippen LogP contribution in [0.25, 0.3) is 22.5 Å². The van der Waals surface area contributed by atoms with Crippen molar-refractivity contribution in [2.24, 2.45) is 0 Å². The summed E-state index contributed by atoms with van der Waals surface area (Å²) < 4.78 is 6.90. The van der Waals surface area contributed by atoms with Crippen molar-refractivity contribution in [1.29, 1.82) is 0 Å². The van der Waals surface area contributed by atoms with Crippen LogP contribution >= 0.6 is 0 Å². The van der Waals surface area contributed by atoms with Gasteiger partial charge in [-0.3, -0.25) is 0 Å². The van der Waals surface area contributed by atoms with Gasteiger partial charge in [0.05, 0.1) is 18.5 Å². The zero-order chi connectivity index (χ0) is 16.6. The van der Waals surface area contributed by atoms with Crippen LogP contribution in [0.4, 0.5) is 0 Å². The van der Waals surface area contributed by atoms with Gasteiger partial charge in [-0.05, 0) is 24.5 Å². The maximum atomic E-state index is 12.3. The van der Waals surface area contributed by atoms with Crippen molar-refractivity contribution in [3.05, 3.63) is 66.7 Å². The first-order valence-electron chi connectivity index (χ1n) is 8.04. The summed E-state index contributed by atoms with van der Waals surface area (Å²) in [5.41, 5.74) is 3.23. The van der Waals surface area contributed by atoms with Gasteiger partial charge in [0.2, 0.25) is 0 Å². The van der Waals surface area contributed by atoms with Crippen molar-refractivity contribution in [3.63, 3.8) is 0 Å². The van der Waals surface area contributed by atoms with E-state index in [1.54, 1.807) is 0 Å². The molecule has 3 aromatic rings. The van der Waals surface area contributed by atoms with Crippen LogP contribution in [0.1, 0.15) is 12.8 Å². The Labute approximate surface area is 140 Å². The highest BCUT2D eigenvalue weighted by atomic mass is 16.5. The minimum absolute atomic E-state index is 0.220.